The normalized spacial score (nSPS) is 21.1. The van der Waals surface area contributed by atoms with Crippen LogP contribution in [-0.4, -0.2) is 43.1 Å². The molecule has 1 aromatic carbocycles. The van der Waals surface area contributed by atoms with E-state index in [2.05, 4.69) is 10.6 Å². The van der Waals surface area contributed by atoms with E-state index in [0.717, 1.165) is 32.2 Å². The fraction of sp³-hybridized carbons (Fsp3) is 0.600. The van der Waals surface area contributed by atoms with Crippen LogP contribution in [0.25, 0.3) is 0 Å². The molecule has 1 heterocycles. The van der Waals surface area contributed by atoms with E-state index in [-0.39, 0.29) is 17.9 Å². The molecule has 1 saturated heterocycles. The fourth-order valence-corrected chi connectivity index (χ4v) is 3.87. The standard InChI is InChI=1S/C20H29N3O3/c1-26-18-12-6-5-11-17(18)22-19(24)15-8-7-13-23(14-15)20(25)21-16-9-3-2-4-10-16/h5-6,11-12,15-16H,2-4,7-10,13-14H2,1H3,(H,21,25)(H,22,24). The predicted octanol–water partition coefficient (Wildman–Crippen LogP) is 3.39. The van der Waals surface area contributed by atoms with Crippen molar-refractivity contribution < 1.29 is 14.3 Å². The summed E-state index contributed by atoms with van der Waals surface area (Å²) >= 11 is 0. The Morgan fingerprint density at radius 2 is 1.85 bits per heavy atom. The largest absolute Gasteiger partial charge is 0.495 e. The van der Waals surface area contributed by atoms with E-state index >= 15 is 0 Å². The quantitative estimate of drug-likeness (QED) is 0.866. The Morgan fingerprint density at radius 1 is 1.08 bits per heavy atom. The summed E-state index contributed by atoms with van der Waals surface area (Å²) in [5.74, 6) is 0.402. The molecule has 2 fully saturated rings. The molecule has 1 aromatic rings. The number of nitrogens with one attached hydrogen (secondary N) is 2. The first-order valence-electron chi connectivity index (χ1n) is 9.66. The molecule has 2 N–H and O–H groups in total. The Balaban J connectivity index is 1.55. The van der Waals surface area contributed by atoms with Gasteiger partial charge < -0.3 is 20.3 Å². The summed E-state index contributed by atoms with van der Waals surface area (Å²) in [6, 6.07) is 7.65. The van der Waals surface area contributed by atoms with Gasteiger partial charge in [-0.3, -0.25) is 4.79 Å². The number of rotatable bonds is 4. The van der Waals surface area contributed by atoms with Crippen molar-refractivity contribution in [2.75, 3.05) is 25.5 Å². The lowest BCUT2D eigenvalue weighted by Crippen LogP contribution is -2.50. The van der Waals surface area contributed by atoms with E-state index in [1.165, 1.54) is 19.3 Å². The average molecular weight is 359 g/mol. The number of urea groups is 1. The molecule has 142 valence electrons. The van der Waals surface area contributed by atoms with Crippen LogP contribution >= 0.6 is 0 Å². The summed E-state index contributed by atoms with van der Waals surface area (Å²) in [5.41, 5.74) is 0.670. The number of hydrogen-bond donors (Lipinski definition) is 2. The molecule has 26 heavy (non-hydrogen) atoms. The molecule has 0 aromatic heterocycles. The van der Waals surface area contributed by atoms with Gasteiger partial charge in [-0.2, -0.15) is 0 Å². The molecule has 6 heteroatoms. The summed E-state index contributed by atoms with van der Waals surface area (Å²) in [4.78, 5) is 27.0. The van der Waals surface area contributed by atoms with Crippen molar-refractivity contribution in [3.8, 4) is 5.75 Å². The lowest BCUT2D eigenvalue weighted by Gasteiger charge is -2.34. The van der Waals surface area contributed by atoms with E-state index < -0.39 is 0 Å². The number of amides is 3. The second-order valence-electron chi connectivity index (χ2n) is 7.26. The number of nitrogens with zero attached hydrogens (tertiary/aromatic N) is 1. The smallest absolute Gasteiger partial charge is 0.317 e. The summed E-state index contributed by atoms with van der Waals surface area (Å²) in [6.45, 7) is 1.19. The molecular weight excluding hydrogens is 330 g/mol. The topological polar surface area (TPSA) is 70.7 Å². The van der Waals surface area contributed by atoms with Crippen LogP contribution in [0.2, 0.25) is 0 Å². The van der Waals surface area contributed by atoms with Crippen molar-refractivity contribution in [1.29, 1.82) is 0 Å². The highest BCUT2D eigenvalue weighted by Crippen LogP contribution is 2.25. The van der Waals surface area contributed by atoms with Gasteiger partial charge in [-0.1, -0.05) is 31.4 Å². The van der Waals surface area contributed by atoms with Crippen LogP contribution in [-0.2, 0) is 4.79 Å². The van der Waals surface area contributed by atoms with Gasteiger partial charge in [0.05, 0.1) is 18.7 Å². The van der Waals surface area contributed by atoms with Gasteiger partial charge in [-0.25, -0.2) is 4.79 Å². The molecule has 1 aliphatic carbocycles. The van der Waals surface area contributed by atoms with E-state index in [9.17, 15) is 9.59 Å². The van der Waals surface area contributed by atoms with Gasteiger partial charge in [0.2, 0.25) is 5.91 Å². The van der Waals surface area contributed by atoms with Crippen molar-refractivity contribution in [3.63, 3.8) is 0 Å². The zero-order valence-electron chi connectivity index (χ0n) is 15.5. The molecule has 2 aliphatic rings. The number of carbonyl (C=O) groups excluding carboxylic acids is 2. The molecule has 0 bridgehead atoms. The third kappa shape index (κ3) is 4.68. The molecular formula is C20H29N3O3. The molecule has 1 atom stereocenters. The number of anilines is 1. The van der Waals surface area contributed by atoms with Crippen LogP contribution in [0.4, 0.5) is 10.5 Å². The van der Waals surface area contributed by atoms with Crippen molar-refractivity contribution in [2.24, 2.45) is 5.92 Å². The SMILES string of the molecule is COc1ccccc1NC(=O)C1CCCN(C(=O)NC2CCCCC2)C1. The lowest BCUT2D eigenvalue weighted by atomic mass is 9.95. The van der Waals surface area contributed by atoms with Crippen molar-refractivity contribution in [2.45, 2.75) is 51.0 Å². The van der Waals surface area contributed by atoms with E-state index in [4.69, 9.17) is 4.74 Å². The van der Waals surface area contributed by atoms with Gasteiger partial charge in [0.1, 0.15) is 5.75 Å². The molecule has 1 unspecified atom stereocenters. The maximum atomic E-state index is 12.7. The number of hydrogen-bond acceptors (Lipinski definition) is 3. The molecule has 3 amide bonds. The van der Waals surface area contributed by atoms with Crippen LogP contribution in [0.5, 0.6) is 5.75 Å². The Labute approximate surface area is 155 Å². The van der Waals surface area contributed by atoms with E-state index in [1.54, 1.807) is 12.0 Å². The lowest BCUT2D eigenvalue weighted by molar-refractivity contribution is -0.121. The molecule has 1 aliphatic heterocycles. The Morgan fingerprint density at radius 3 is 2.62 bits per heavy atom. The minimum atomic E-state index is -0.189. The zero-order chi connectivity index (χ0) is 18.4. The maximum absolute atomic E-state index is 12.7. The summed E-state index contributed by atoms with van der Waals surface area (Å²) in [7, 11) is 1.59. The molecule has 3 rings (SSSR count). The Hall–Kier alpha value is -2.24. The first kappa shape index (κ1) is 18.5. The van der Waals surface area contributed by atoms with Crippen LogP contribution in [0.15, 0.2) is 24.3 Å². The third-order valence-electron chi connectivity index (χ3n) is 5.38. The number of likely N-dealkylation sites (tertiary alicyclic amines) is 1. The highest BCUT2D eigenvalue weighted by atomic mass is 16.5. The molecule has 0 radical (unpaired) electrons. The molecule has 1 saturated carbocycles. The monoisotopic (exact) mass is 359 g/mol. The number of methoxy groups -OCH3 is 1. The number of piperidine rings is 1. The molecule has 6 nitrogen and oxygen atoms in total. The van der Waals surface area contributed by atoms with Gasteiger partial charge in [-0.15, -0.1) is 0 Å². The zero-order valence-corrected chi connectivity index (χ0v) is 15.5. The molecule has 0 spiro atoms. The number of para-hydroxylation sites is 2. The first-order chi connectivity index (χ1) is 12.7. The second-order valence-corrected chi connectivity index (χ2v) is 7.26. The van der Waals surface area contributed by atoms with Gasteiger partial charge >= 0.3 is 6.03 Å². The van der Waals surface area contributed by atoms with Crippen LogP contribution in [0.3, 0.4) is 0 Å². The Bertz CT molecular complexity index is 628. The average Bonchev–Trinajstić information content (AvgIpc) is 2.69. The number of benzene rings is 1. The fourth-order valence-electron chi connectivity index (χ4n) is 3.87. The third-order valence-corrected chi connectivity index (χ3v) is 5.38. The van der Waals surface area contributed by atoms with E-state index in [1.807, 2.05) is 24.3 Å². The van der Waals surface area contributed by atoms with Crippen molar-refractivity contribution in [1.82, 2.24) is 10.2 Å². The van der Waals surface area contributed by atoms with Gasteiger partial charge in [-0.05, 0) is 37.8 Å². The van der Waals surface area contributed by atoms with E-state index in [0.29, 0.717) is 24.0 Å². The summed E-state index contributed by atoms with van der Waals surface area (Å²) in [5, 5.41) is 6.10. The van der Waals surface area contributed by atoms with Crippen LogP contribution < -0.4 is 15.4 Å². The second kappa shape index (κ2) is 8.92. The van der Waals surface area contributed by atoms with Crippen molar-refractivity contribution >= 4 is 17.6 Å². The van der Waals surface area contributed by atoms with Gasteiger partial charge in [0.15, 0.2) is 0 Å². The highest BCUT2D eigenvalue weighted by molar-refractivity contribution is 5.94. The minimum Gasteiger partial charge on any atom is -0.495 e. The summed E-state index contributed by atoms with van der Waals surface area (Å²) < 4.78 is 5.29. The first-order valence-corrected chi connectivity index (χ1v) is 9.66. The van der Waals surface area contributed by atoms with Crippen molar-refractivity contribution in [3.05, 3.63) is 24.3 Å². The maximum Gasteiger partial charge on any atom is 0.317 e. The number of ether oxygens (including phenoxy) is 1. The van der Waals surface area contributed by atoms with Gasteiger partial charge in [0, 0.05) is 19.1 Å². The highest BCUT2D eigenvalue weighted by Gasteiger charge is 2.29. The predicted molar refractivity (Wildman–Crippen MR) is 101 cm³/mol. The summed E-state index contributed by atoms with van der Waals surface area (Å²) in [6.07, 6.45) is 7.43. The van der Waals surface area contributed by atoms with Crippen LogP contribution in [0, 0.1) is 5.92 Å². The van der Waals surface area contributed by atoms with Crippen LogP contribution in [0.1, 0.15) is 44.9 Å². The van der Waals surface area contributed by atoms with Gasteiger partial charge in [0.25, 0.3) is 0 Å². The number of carbonyl (C=O) groups is 2. The minimum absolute atomic E-state index is 0.0216. The Kier molecular flexibility index (Phi) is 6.36.